The summed E-state index contributed by atoms with van der Waals surface area (Å²) in [5.41, 5.74) is 1.44. The minimum Gasteiger partial charge on any atom is -0.396 e. The van der Waals surface area contributed by atoms with E-state index in [4.69, 9.17) is 0 Å². The molecule has 1 saturated heterocycles. The molecule has 3 aliphatic rings. The summed E-state index contributed by atoms with van der Waals surface area (Å²) in [7, 11) is 0. The van der Waals surface area contributed by atoms with Gasteiger partial charge in [0, 0.05) is 38.3 Å². The largest absolute Gasteiger partial charge is 0.396 e. The zero-order chi connectivity index (χ0) is 15.6. The van der Waals surface area contributed by atoms with Crippen LogP contribution in [0.15, 0.2) is 30.3 Å². The fourth-order valence-corrected chi connectivity index (χ4v) is 5.29. The quantitative estimate of drug-likeness (QED) is 0.877. The third kappa shape index (κ3) is 3.33. The number of hydrogen-bond acceptors (Lipinski definition) is 3. The summed E-state index contributed by atoms with van der Waals surface area (Å²) >= 11 is 0. The summed E-state index contributed by atoms with van der Waals surface area (Å²) in [6.07, 6.45) is 6.46. The maximum Gasteiger partial charge on any atom is 0.0474 e. The van der Waals surface area contributed by atoms with Gasteiger partial charge in [0.1, 0.15) is 0 Å². The molecule has 0 amide bonds. The highest BCUT2D eigenvalue weighted by Crippen LogP contribution is 2.40. The maximum absolute atomic E-state index is 9.56. The highest BCUT2D eigenvalue weighted by Gasteiger charge is 2.43. The van der Waals surface area contributed by atoms with E-state index >= 15 is 0 Å². The standard InChI is InChI=1S/C20H30N2O/c23-14-17-7-4-8-19(17)21-20-10-9-16-12-22(13-18(16)20)11-15-5-2-1-3-6-15/h1-3,5-6,16-21,23H,4,7-14H2/t16-,17+,18-,19+,20-/m1/s1. The van der Waals surface area contributed by atoms with Gasteiger partial charge in [-0.3, -0.25) is 4.90 Å². The Kier molecular flexibility index (Phi) is 4.70. The molecule has 2 saturated carbocycles. The van der Waals surface area contributed by atoms with Gasteiger partial charge in [-0.15, -0.1) is 0 Å². The summed E-state index contributed by atoms with van der Waals surface area (Å²) < 4.78 is 0. The summed E-state index contributed by atoms with van der Waals surface area (Å²) in [6.45, 7) is 3.97. The molecule has 1 aliphatic heterocycles. The van der Waals surface area contributed by atoms with E-state index in [9.17, 15) is 5.11 Å². The van der Waals surface area contributed by atoms with Gasteiger partial charge < -0.3 is 10.4 Å². The molecule has 0 unspecified atom stereocenters. The Morgan fingerprint density at radius 2 is 1.87 bits per heavy atom. The zero-order valence-corrected chi connectivity index (χ0v) is 14.0. The molecule has 1 aromatic rings. The van der Waals surface area contributed by atoms with E-state index in [0.29, 0.717) is 24.6 Å². The lowest BCUT2D eigenvalue weighted by Crippen LogP contribution is -2.44. The molecule has 3 nitrogen and oxygen atoms in total. The third-order valence-corrected chi connectivity index (χ3v) is 6.50. The van der Waals surface area contributed by atoms with Crippen molar-refractivity contribution in [3.8, 4) is 0 Å². The van der Waals surface area contributed by atoms with Crippen molar-refractivity contribution < 1.29 is 5.11 Å². The van der Waals surface area contributed by atoms with Gasteiger partial charge in [0.05, 0.1) is 0 Å². The van der Waals surface area contributed by atoms with Crippen molar-refractivity contribution in [2.75, 3.05) is 19.7 Å². The predicted octanol–water partition coefficient (Wildman–Crippen LogP) is 2.65. The first-order chi connectivity index (χ1) is 11.3. The Bertz CT molecular complexity index is 506. The molecule has 1 aromatic carbocycles. The number of likely N-dealkylation sites (tertiary alicyclic amines) is 1. The van der Waals surface area contributed by atoms with Crippen molar-refractivity contribution in [2.24, 2.45) is 17.8 Å². The van der Waals surface area contributed by atoms with Gasteiger partial charge in [0.2, 0.25) is 0 Å². The van der Waals surface area contributed by atoms with Crippen LogP contribution in [0.3, 0.4) is 0 Å². The van der Waals surface area contributed by atoms with Crippen LogP contribution < -0.4 is 5.32 Å². The first kappa shape index (κ1) is 15.6. The van der Waals surface area contributed by atoms with Crippen molar-refractivity contribution in [3.63, 3.8) is 0 Å². The Morgan fingerprint density at radius 1 is 1.00 bits per heavy atom. The first-order valence-electron chi connectivity index (χ1n) is 9.46. The average Bonchev–Trinajstić information content (AvgIpc) is 3.26. The summed E-state index contributed by atoms with van der Waals surface area (Å²) in [4.78, 5) is 2.65. The topological polar surface area (TPSA) is 35.5 Å². The molecule has 2 N–H and O–H groups in total. The fourth-order valence-electron chi connectivity index (χ4n) is 5.29. The second-order valence-corrected chi connectivity index (χ2v) is 7.93. The van der Waals surface area contributed by atoms with Gasteiger partial charge in [0.25, 0.3) is 0 Å². The van der Waals surface area contributed by atoms with Gasteiger partial charge in [0.15, 0.2) is 0 Å². The number of nitrogens with zero attached hydrogens (tertiary/aromatic N) is 1. The number of aliphatic hydroxyl groups excluding tert-OH is 1. The van der Waals surface area contributed by atoms with Gasteiger partial charge >= 0.3 is 0 Å². The monoisotopic (exact) mass is 314 g/mol. The molecular formula is C20H30N2O. The highest BCUT2D eigenvalue weighted by atomic mass is 16.3. The SMILES string of the molecule is OC[C@@H]1CCC[C@@H]1N[C@@H]1CC[C@@H]2CN(Cc3ccccc3)C[C@H]21. The maximum atomic E-state index is 9.56. The fraction of sp³-hybridized carbons (Fsp3) is 0.700. The first-order valence-corrected chi connectivity index (χ1v) is 9.46. The van der Waals surface area contributed by atoms with E-state index in [1.807, 2.05) is 0 Å². The van der Waals surface area contributed by atoms with Crippen LogP contribution in [0.5, 0.6) is 0 Å². The molecule has 0 aromatic heterocycles. The van der Waals surface area contributed by atoms with E-state index in [1.165, 1.54) is 50.8 Å². The van der Waals surface area contributed by atoms with Crippen LogP contribution >= 0.6 is 0 Å². The lowest BCUT2D eigenvalue weighted by atomic mass is 9.96. The van der Waals surface area contributed by atoms with Crippen LogP contribution in [0.2, 0.25) is 0 Å². The van der Waals surface area contributed by atoms with Crippen molar-refractivity contribution in [2.45, 2.75) is 50.7 Å². The molecule has 4 rings (SSSR count). The lowest BCUT2D eigenvalue weighted by Gasteiger charge is -2.28. The average molecular weight is 314 g/mol. The Labute approximate surface area is 140 Å². The number of nitrogens with one attached hydrogen (secondary N) is 1. The van der Waals surface area contributed by atoms with Crippen LogP contribution in [0.1, 0.15) is 37.7 Å². The second-order valence-electron chi connectivity index (χ2n) is 7.93. The van der Waals surface area contributed by atoms with E-state index in [2.05, 4.69) is 40.5 Å². The second kappa shape index (κ2) is 6.92. The van der Waals surface area contributed by atoms with Crippen LogP contribution in [0.4, 0.5) is 0 Å². The van der Waals surface area contributed by atoms with Gasteiger partial charge in [-0.1, -0.05) is 36.8 Å². The number of fused-ring (bicyclic) bond motifs is 1. The minimum absolute atomic E-state index is 0.360. The molecule has 1 heterocycles. The number of hydrogen-bond donors (Lipinski definition) is 2. The molecule has 0 spiro atoms. The van der Waals surface area contributed by atoms with Crippen molar-refractivity contribution >= 4 is 0 Å². The van der Waals surface area contributed by atoms with Gasteiger partial charge in [-0.05, 0) is 49.0 Å². The number of rotatable bonds is 5. The Morgan fingerprint density at radius 3 is 2.70 bits per heavy atom. The lowest BCUT2D eigenvalue weighted by molar-refractivity contribution is 0.191. The third-order valence-electron chi connectivity index (χ3n) is 6.50. The molecule has 3 fully saturated rings. The van der Waals surface area contributed by atoms with Gasteiger partial charge in [-0.25, -0.2) is 0 Å². The molecule has 0 radical (unpaired) electrons. The molecule has 3 heteroatoms. The van der Waals surface area contributed by atoms with Crippen LogP contribution in [-0.2, 0) is 6.54 Å². The van der Waals surface area contributed by atoms with Crippen molar-refractivity contribution in [1.82, 2.24) is 10.2 Å². The Balaban J connectivity index is 1.34. The molecule has 2 aliphatic carbocycles. The Hall–Kier alpha value is -0.900. The smallest absolute Gasteiger partial charge is 0.0474 e. The van der Waals surface area contributed by atoms with Crippen LogP contribution in [0.25, 0.3) is 0 Å². The van der Waals surface area contributed by atoms with E-state index in [-0.39, 0.29) is 0 Å². The van der Waals surface area contributed by atoms with E-state index in [1.54, 1.807) is 0 Å². The van der Waals surface area contributed by atoms with Crippen LogP contribution in [-0.4, -0.2) is 41.8 Å². The zero-order valence-electron chi connectivity index (χ0n) is 14.0. The minimum atomic E-state index is 0.360. The summed E-state index contributed by atoms with van der Waals surface area (Å²) in [5, 5.41) is 13.5. The number of aliphatic hydroxyl groups is 1. The molecule has 5 atom stereocenters. The summed E-state index contributed by atoms with van der Waals surface area (Å²) in [5.74, 6) is 2.19. The molecule has 0 bridgehead atoms. The van der Waals surface area contributed by atoms with Crippen molar-refractivity contribution in [1.29, 1.82) is 0 Å². The van der Waals surface area contributed by atoms with Crippen molar-refractivity contribution in [3.05, 3.63) is 35.9 Å². The van der Waals surface area contributed by atoms with E-state index < -0.39 is 0 Å². The van der Waals surface area contributed by atoms with Crippen LogP contribution in [0, 0.1) is 17.8 Å². The molecular weight excluding hydrogens is 284 g/mol. The highest BCUT2D eigenvalue weighted by molar-refractivity contribution is 5.15. The normalized spacial score (nSPS) is 37.3. The molecule has 23 heavy (non-hydrogen) atoms. The van der Waals surface area contributed by atoms with E-state index in [0.717, 1.165) is 18.4 Å². The van der Waals surface area contributed by atoms with Gasteiger partial charge in [-0.2, -0.15) is 0 Å². The predicted molar refractivity (Wildman–Crippen MR) is 93.1 cm³/mol. The summed E-state index contributed by atoms with van der Waals surface area (Å²) in [6, 6.07) is 12.1. The molecule has 126 valence electrons. The number of benzene rings is 1.